The van der Waals surface area contributed by atoms with Crippen LogP contribution in [0.25, 0.3) is 6.08 Å². The Bertz CT molecular complexity index is 731. The average molecular weight is 355 g/mol. The molecule has 128 valence electrons. The highest BCUT2D eigenvalue weighted by Gasteiger charge is 2.34. The second-order valence-corrected chi connectivity index (χ2v) is 5.15. The number of rotatable bonds is 6. The Balaban J connectivity index is 2.35. The minimum atomic E-state index is -1.29. The van der Waals surface area contributed by atoms with Crippen molar-refractivity contribution in [1.82, 2.24) is 10.2 Å². The zero-order valence-corrected chi connectivity index (χ0v) is 13.7. The molecule has 9 heteroatoms. The van der Waals surface area contributed by atoms with Gasteiger partial charge in [-0.2, -0.15) is 0 Å². The first-order valence-corrected chi connectivity index (χ1v) is 7.31. The van der Waals surface area contributed by atoms with E-state index < -0.39 is 24.5 Å². The molecule has 24 heavy (non-hydrogen) atoms. The van der Waals surface area contributed by atoms with E-state index in [2.05, 4.69) is 5.32 Å². The summed E-state index contributed by atoms with van der Waals surface area (Å²) in [5.41, 5.74) is 0.435. The number of carbonyl (C=O) groups is 3. The number of carboxylic acid groups (broad SMARTS) is 1. The fraction of sp³-hybridized carbons (Fsp3) is 0.267. The van der Waals surface area contributed by atoms with Crippen LogP contribution >= 0.6 is 11.6 Å². The quantitative estimate of drug-likeness (QED) is 0.595. The third-order valence-corrected chi connectivity index (χ3v) is 3.39. The fourth-order valence-electron chi connectivity index (χ4n) is 2.12. The molecule has 1 aromatic carbocycles. The van der Waals surface area contributed by atoms with Crippen LogP contribution in [0.15, 0.2) is 17.8 Å². The summed E-state index contributed by atoms with van der Waals surface area (Å²) in [7, 11) is 1.45. The summed E-state index contributed by atoms with van der Waals surface area (Å²) in [4.78, 5) is 35.1. The van der Waals surface area contributed by atoms with Gasteiger partial charge in [-0.15, -0.1) is 0 Å². The molecule has 2 N–H and O–H groups in total. The molecule has 1 saturated heterocycles. The van der Waals surface area contributed by atoms with Crippen LogP contribution in [0.3, 0.4) is 0 Å². The predicted molar refractivity (Wildman–Crippen MR) is 85.0 cm³/mol. The molecule has 2 rings (SSSR count). The monoisotopic (exact) mass is 354 g/mol. The van der Waals surface area contributed by atoms with Crippen LogP contribution < -0.4 is 14.8 Å². The maximum atomic E-state index is 12.1. The summed E-state index contributed by atoms with van der Waals surface area (Å²) in [5, 5.41) is 11.3. The van der Waals surface area contributed by atoms with Gasteiger partial charge in [-0.1, -0.05) is 11.6 Å². The van der Waals surface area contributed by atoms with Gasteiger partial charge in [0.2, 0.25) is 0 Å². The Kier molecular flexibility index (Phi) is 5.30. The molecule has 8 nitrogen and oxygen atoms in total. The van der Waals surface area contributed by atoms with E-state index in [1.54, 1.807) is 19.1 Å². The van der Waals surface area contributed by atoms with Crippen molar-refractivity contribution in [3.63, 3.8) is 0 Å². The van der Waals surface area contributed by atoms with Crippen LogP contribution in [0.2, 0.25) is 5.02 Å². The van der Waals surface area contributed by atoms with Gasteiger partial charge in [0.1, 0.15) is 12.2 Å². The van der Waals surface area contributed by atoms with Crippen molar-refractivity contribution in [2.24, 2.45) is 0 Å². The Labute approximate surface area is 142 Å². The smallest absolute Gasteiger partial charge is 0.329 e. The number of methoxy groups -OCH3 is 1. The number of halogens is 1. The first kappa shape index (κ1) is 17.6. The molecular formula is C15H15ClN2O6. The van der Waals surface area contributed by atoms with Gasteiger partial charge in [0.15, 0.2) is 11.5 Å². The van der Waals surface area contributed by atoms with Crippen LogP contribution in [-0.2, 0) is 9.59 Å². The van der Waals surface area contributed by atoms with Gasteiger partial charge in [0, 0.05) is 0 Å². The van der Waals surface area contributed by atoms with Crippen LogP contribution in [-0.4, -0.2) is 48.2 Å². The van der Waals surface area contributed by atoms with E-state index >= 15 is 0 Å². The number of nitrogens with zero attached hydrogens (tertiary/aromatic N) is 1. The van der Waals surface area contributed by atoms with E-state index in [4.69, 9.17) is 26.2 Å². The molecule has 0 spiro atoms. The van der Waals surface area contributed by atoms with E-state index in [0.717, 1.165) is 0 Å². The molecule has 0 atom stereocenters. The number of carbonyl (C=O) groups excluding carboxylic acids is 2. The standard InChI is InChI=1S/C15H15ClN2O6/c1-3-24-13-9(16)4-8(6-11(13)23-2)5-10-14(21)18(7-12(19)20)15(22)17-10/h4-6H,3,7H2,1-2H3,(H,17,22)(H,19,20)/b10-5+. The first-order chi connectivity index (χ1) is 11.4. The SMILES string of the molecule is CCOc1c(Cl)cc(/C=C2/NC(=O)N(CC(=O)O)C2=O)cc1OC. The van der Waals surface area contributed by atoms with Crippen LogP contribution in [0.1, 0.15) is 12.5 Å². The minimum absolute atomic E-state index is 0.0523. The number of hydrogen-bond donors (Lipinski definition) is 2. The lowest BCUT2D eigenvalue weighted by atomic mass is 10.1. The summed E-state index contributed by atoms with van der Waals surface area (Å²) in [6.07, 6.45) is 1.38. The Hall–Kier alpha value is -2.74. The zero-order valence-electron chi connectivity index (χ0n) is 13.0. The molecule has 1 aromatic rings. The number of benzene rings is 1. The Morgan fingerprint density at radius 1 is 1.42 bits per heavy atom. The van der Waals surface area contributed by atoms with Gasteiger partial charge in [0.25, 0.3) is 5.91 Å². The second kappa shape index (κ2) is 7.22. The van der Waals surface area contributed by atoms with Crippen molar-refractivity contribution >= 4 is 35.6 Å². The molecule has 1 heterocycles. The number of urea groups is 1. The molecule has 3 amide bonds. The number of hydrogen-bond acceptors (Lipinski definition) is 5. The molecule has 0 saturated carbocycles. The van der Waals surface area contributed by atoms with Crippen molar-refractivity contribution in [2.75, 3.05) is 20.3 Å². The lowest BCUT2D eigenvalue weighted by molar-refractivity contribution is -0.140. The third-order valence-electron chi connectivity index (χ3n) is 3.11. The van der Waals surface area contributed by atoms with Crippen LogP contribution in [0, 0.1) is 0 Å². The van der Waals surface area contributed by atoms with Crippen molar-refractivity contribution in [3.8, 4) is 11.5 Å². The normalized spacial score (nSPS) is 15.6. The van der Waals surface area contributed by atoms with E-state index in [-0.39, 0.29) is 10.7 Å². The third kappa shape index (κ3) is 3.60. The molecule has 1 aliphatic heterocycles. The second-order valence-electron chi connectivity index (χ2n) is 4.74. The van der Waals surface area contributed by atoms with Crippen molar-refractivity contribution in [3.05, 3.63) is 28.4 Å². The number of carboxylic acids is 1. The number of aliphatic carboxylic acids is 1. The van der Waals surface area contributed by atoms with Crippen LogP contribution in [0.5, 0.6) is 11.5 Å². The van der Waals surface area contributed by atoms with Gasteiger partial charge in [0.05, 0.1) is 18.7 Å². The number of amides is 3. The Morgan fingerprint density at radius 2 is 2.12 bits per heavy atom. The highest BCUT2D eigenvalue weighted by Crippen LogP contribution is 2.37. The molecule has 1 aliphatic rings. The fourth-order valence-corrected chi connectivity index (χ4v) is 2.40. The highest BCUT2D eigenvalue weighted by molar-refractivity contribution is 6.32. The van der Waals surface area contributed by atoms with Crippen molar-refractivity contribution in [1.29, 1.82) is 0 Å². The maximum Gasteiger partial charge on any atom is 0.329 e. The molecular weight excluding hydrogens is 340 g/mol. The van der Waals surface area contributed by atoms with E-state index in [9.17, 15) is 14.4 Å². The number of imide groups is 1. The summed E-state index contributed by atoms with van der Waals surface area (Å²) in [6, 6.07) is 2.34. The summed E-state index contributed by atoms with van der Waals surface area (Å²) < 4.78 is 10.6. The predicted octanol–water partition coefficient (Wildman–Crippen LogP) is 1.72. The first-order valence-electron chi connectivity index (χ1n) is 6.94. The summed E-state index contributed by atoms with van der Waals surface area (Å²) >= 11 is 6.15. The Morgan fingerprint density at radius 3 is 2.71 bits per heavy atom. The van der Waals surface area contributed by atoms with E-state index in [1.807, 2.05) is 0 Å². The molecule has 1 fully saturated rings. The van der Waals surface area contributed by atoms with Gasteiger partial charge in [-0.25, -0.2) is 9.69 Å². The molecule has 0 unspecified atom stereocenters. The minimum Gasteiger partial charge on any atom is -0.493 e. The zero-order chi connectivity index (χ0) is 17.9. The largest absolute Gasteiger partial charge is 0.493 e. The summed E-state index contributed by atoms with van der Waals surface area (Å²) in [5.74, 6) is -1.27. The van der Waals surface area contributed by atoms with E-state index in [0.29, 0.717) is 28.6 Å². The molecule has 0 bridgehead atoms. The van der Waals surface area contributed by atoms with Gasteiger partial charge in [-0.3, -0.25) is 9.59 Å². The highest BCUT2D eigenvalue weighted by atomic mass is 35.5. The topological polar surface area (TPSA) is 105 Å². The molecule has 0 aliphatic carbocycles. The van der Waals surface area contributed by atoms with E-state index in [1.165, 1.54) is 13.2 Å². The molecule has 0 radical (unpaired) electrons. The van der Waals surface area contributed by atoms with Crippen LogP contribution in [0.4, 0.5) is 4.79 Å². The van der Waals surface area contributed by atoms with Gasteiger partial charge >= 0.3 is 12.0 Å². The summed E-state index contributed by atoms with van der Waals surface area (Å²) in [6.45, 7) is 1.49. The maximum absolute atomic E-state index is 12.1. The van der Waals surface area contributed by atoms with Crippen molar-refractivity contribution < 1.29 is 29.0 Å². The van der Waals surface area contributed by atoms with Gasteiger partial charge in [-0.05, 0) is 30.7 Å². The van der Waals surface area contributed by atoms with Gasteiger partial charge < -0.3 is 19.9 Å². The van der Waals surface area contributed by atoms with Crippen molar-refractivity contribution in [2.45, 2.75) is 6.92 Å². The lowest BCUT2D eigenvalue weighted by Crippen LogP contribution is -2.35. The number of nitrogens with one attached hydrogen (secondary N) is 1. The lowest BCUT2D eigenvalue weighted by Gasteiger charge is -2.12. The number of ether oxygens (including phenoxy) is 2. The average Bonchev–Trinajstić information content (AvgIpc) is 2.77. The molecule has 0 aromatic heterocycles.